The van der Waals surface area contributed by atoms with E-state index in [1.54, 1.807) is 13.8 Å². The highest BCUT2D eigenvalue weighted by molar-refractivity contribution is 5.94. The van der Waals surface area contributed by atoms with Crippen molar-refractivity contribution in [1.29, 1.82) is 0 Å². The summed E-state index contributed by atoms with van der Waals surface area (Å²) in [4.78, 5) is 64.4. The number of carbonyl (C=O) groups is 5. The predicted molar refractivity (Wildman–Crippen MR) is 128 cm³/mol. The maximum absolute atomic E-state index is 13.0. The Hall–Kier alpha value is -3.42. The molecule has 3 amide bonds. The number of guanidine groups is 1. The number of aliphatic carboxylic acids is 2. The second-order valence-electron chi connectivity index (χ2n) is 8.65. The van der Waals surface area contributed by atoms with Crippen molar-refractivity contribution in [2.45, 2.75) is 77.5 Å². The van der Waals surface area contributed by atoms with Gasteiger partial charge in [0.15, 0.2) is 5.96 Å². The molecule has 0 saturated heterocycles. The molecule has 11 N–H and O–H groups in total. The van der Waals surface area contributed by atoms with Crippen LogP contribution in [0.2, 0.25) is 0 Å². The van der Waals surface area contributed by atoms with Crippen LogP contribution >= 0.6 is 0 Å². The fourth-order valence-corrected chi connectivity index (χ4v) is 2.98. The van der Waals surface area contributed by atoms with Crippen LogP contribution in [0.3, 0.4) is 0 Å². The lowest BCUT2D eigenvalue weighted by atomic mass is 9.97. The highest BCUT2D eigenvalue weighted by Crippen LogP contribution is 2.09. The Balaban J connectivity index is 5.62. The van der Waals surface area contributed by atoms with Crippen molar-refractivity contribution in [1.82, 2.24) is 16.0 Å². The van der Waals surface area contributed by atoms with E-state index in [0.29, 0.717) is 6.42 Å². The second-order valence-corrected chi connectivity index (χ2v) is 8.65. The van der Waals surface area contributed by atoms with Crippen LogP contribution in [0.1, 0.15) is 53.4 Å². The summed E-state index contributed by atoms with van der Waals surface area (Å²) in [5.41, 5.74) is 16.5. The average molecular weight is 502 g/mol. The molecule has 0 aromatic carbocycles. The zero-order valence-corrected chi connectivity index (χ0v) is 20.6. The van der Waals surface area contributed by atoms with Gasteiger partial charge in [0.2, 0.25) is 17.7 Å². The molecule has 0 aliphatic carbocycles. The second kappa shape index (κ2) is 15.5. The van der Waals surface area contributed by atoms with E-state index in [4.69, 9.17) is 22.3 Å². The normalized spacial score (nSPS) is 15.1. The van der Waals surface area contributed by atoms with Gasteiger partial charge < -0.3 is 43.4 Å². The lowest BCUT2D eigenvalue weighted by Crippen LogP contribution is -2.59. The molecule has 0 aliphatic heterocycles. The first kappa shape index (κ1) is 31.6. The van der Waals surface area contributed by atoms with Gasteiger partial charge in [-0.15, -0.1) is 0 Å². The van der Waals surface area contributed by atoms with Gasteiger partial charge in [0.05, 0.1) is 12.5 Å². The third-order valence-electron chi connectivity index (χ3n) is 5.38. The maximum Gasteiger partial charge on any atom is 0.326 e. The number of hydrogen-bond donors (Lipinski definition) is 8. The fraction of sp³-hybridized carbons (Fsp3) is 0.714. The van der Waals surface area contributed by atoms with Crippen LogP contribution in [0.15, 0.2) is 4.99 Å². The van der Waals surface area contributed by atoms with Crippen LogP contribution < -0.4 is 33.2 Å². The Morgan fingerprint density at radius 1 is 0.886 bits per heavy atom. The minimum Gasteiger partial charge on any atom is -0.481 e. The molecule has 200 valence electrons. The van der Waals surface area contributed by atoms with E-state index in [9.17, 15) is 29.1 Å². The summed E-state index contributed by atoms with van der Waals surface area (Å²) in [6.45, 7) is 7.21. The van der Waals surface area contributed by atoms with E-state index >= 15 is 0 Å². The van der Waals surface area contributed by atoms with E-state index in [1.807, 2.05) is 13.8 Å². The summed E-state index contributed by atoms with van der Waals surface area (Å²) in [7, 11) is 0. The number of nitrogens with one attached hydrogen (secondary N) is 3. The largest absolute Gasteiger partial charge is 0.481 e. The predicted octanol–water partition coefficient (Wildman–Crippen LogP) is -1.92. The van der Waals surface area contributed by atoms with Gasteiger partial charge in [-0.25, -0.2) is 4.79 Å². The molecule has 0 radical (unpaired) electrons. The standard InChI is InChI=1S/C21H39N7O7/c1-5-11(4)15(22)18(32)28-16(10(2)3)19(33)26-12(7-6-8-25-21(23)24)17(31)27-13(20(34)35)9-14(29)30/h10-13,15-16H,5-9,22H2,1-4H3,(H,26,33)(H,27,31)(H,28,32)(H,29,30)(H,34,35)(H4,23,24,25)/t11-,12-,13-,15-,16-/m0/s1. The Morgan fingerprint density at radius 2 is 1.46 bits per heavy atom. The van der Waals surface area contributed by atoms with Gasteiger partial charge in [-0.2, -0.15) is 0 Å². The Labute approximate surface area is 204 Å². The molecule has 0 bridgehead atoms. The molecule has 35 heavy (non-hydrogen) atoms. The summed E-state index contributed by atoms with van der Waals surface area (Å²) in [5, 5.41) is 25.4. The molecule has 0 spiro atoms. The summed E-state index contributed by atoms with van der Waals surface area (Å²) in [6, 6.07) is -4.81. The number of amides is 3. The highest BCUT2D eigenvalue weighted by atomic mass is 16.4. The van der Waals surface area contributed by atoms with Crippen LogP contribution in [0.25, 0.3) is 0 Å². The summed E-state index contributed by atoms with van der Waals surface area (Å²) < 4.78 is 0. The van der Waals surface area contributed by atoms with E-state index in [1.165, 1.54) is 0 Å². The molecule has 0 aliphatic rings. The third kappa shape index (κ3) is 12.0. The Kier molecular flexibility index (Phi) is 14.0. The number of aliphatic imine (C=N–C) groups is 1. The van der Waals surface area contributed by atoms with Gasteiger partial charge in [0.25, 0.3) is 0 Å². The summed E-state index contributed by atoms with van der Waals surface area (Å²) >= 11 is 0. The Morgan fingerprint density at radius 3 is 1.91 bits per heavy atom. The fourth-order valence-electron chi connectivity index (χ4n) is 2.98. The number of hydrogen-bond acceptors (Lipinski definition) is 7. The van der Waals surface area contributed by atoms with E-state index < -0.39 is 60.2 Å². The van der Waals surface area contributed by atoms with Crippen LogP contribution in [0.5, 0.6) is 0 Å². The quantitative estimate of drug-likeness (QED) is 0.0661. The van der Waals surface area contributed by atoms with Crippen molar-refractivity contribution in [3.05, 3.63) is 0 Å². The molecule has 0 heterocycles. The van der Waals surface area contributed by atoms with Crippen molar-refractivity contribution in [2.24, 2.45) is 34.0 Å². The molecular weight excluding hydrogens is 462 g/mol. The van der Waals surface area contributed by atoms with Crippen LogP contribution in [0.4, 0.5) is 0 Å². The molecule has 0 unspecified atom stereocenters. The number of carbonyl (C=O) groups excluding carboxylic acids is 3. The molecule has 0 fully saturated rings. The molecule has 0 saturated carbocycles. The number of rotatable bonds is 16. The topological polar surface area (TPSA) is 252 Å². The smallest absolute Gasteiger partial charge is 0.326 e. The first-order chi connectivity index (χ1) is 16.2. The minimum absolute atomic E-state index is 0.0128. The first-order valence-electron chi connectivity index (χ1n) is 11.4. The zero-order valence-electron chi connectivity index (χ0n) is 20.6. The average Bonchev–Trinajstić information content (AvgIpc) is 2.76. The molecular formula is C21H39N7O7. The van der Waals surface area contributed by atoms with E-state index in [0.717, 1.165) is 0 Å². The van der Waals surface area contributed by atoms with E-state index in [2.05, 4.69) is 20.9 Å². The molecule has 5 atom stereocenters. The lowest BCUT2D eigenvalue weighted by molar-refractivity contribution is -0.147. The lowest BCUT2D eigenvalue weighted by Gasteiger charge is -2.27. The molecule has 14 heteroatoms. The van der Waals surface area contributed by atoms with Crippen molar-refractivity contribution >= 4 is 35.6 Å². The van der Waals surface area contributed by atoms with Gasteiger partial charge in [0.1, 0.15) is 18.1 Å². The molecule has 14 nitrogen and oxygen atoms in total. The minimum atomic E-state index is -1.70. The summed E-state index contributed by atoms with van der Waals surface area (Å²) in [6.07, 6.45) is 0.0591. The van der Waals surface area contributed by atoms with Gasteiger partial charge in [-0.3, -0.25) is 24.2 Å². The van der Waals surface area contributed by atoms with Crippen molar-refractivity contribution in [3.63, 3.8) is 0 Å². The van der Waals surface area contributed by atoms with Crippen LogP contribution in [-0.2, 0) is 24.0 Å². The first-order valence-corrected chi connectivity index (χ1v) is 11.4. The van der Waals surface area contributed by atoms with Crippen molar-refractivity contribution < 1.29 is 34.2 Å². The SMILES string of the molecule is CC[C@H](C)[C@H](N)C(=O)N[C@H](C(=O)N[C@@H](CCCN=C(N)N)C(=O)N[C@@H](CC(=O)O)C(=O)O)C(C)C. The van der Waals surface area contributed by atoms with E-state index in [-0.39, 0.29) is 37.2 Å². The van der Waals surface area contributed by atoms with Gasteiger partial charge >= 0.3 is 11.9 Å². The summed E-state index contributed by atoms with van der Waals surface area (Å²) in [5.74, 6) is -5.73. The van der Waals surface area contributed by atoms with Crippen molar-refractivity contribution in [2.75, 3.05) is 6.54 Å². The Bertz CT molecular complexity index is 784. The van der Waals surface area contributed by atoms with Crippen LogP contribution in [-0.4, -0.2) is 76.5 Å². The number of carboxylic acids is 2. The van der Waals surface area contributed by atoms with Crippen LogP contribution in [0, 0.1) is 11.8 Å². The van der Waals surface area contributed by atoms with Gasteiger partial charge in [0, 0.05) is 6.54 Å². The number of nitrogens with two attached hydrogens (primary N) is 3. The third-order valence-corrected chi connectivity index (χ3v) is 5.38. The zero-order chi connectivity index (χ0) is 27.3. The van der Waals surface area contributed by atoms with Gasteiger partial charge in [-0.05, 0) is 24.7 Å². The maximum atomic E-state index is 13.0. The highest BCUT2D eigenvalue weighted by Gasteiger charge is 2.32. The number of nitrogens with zero attached hydrogens (tertiary/aromatic N) is 1. The molecule has 0 aromatic heterocycles. The number of carboxylic acid groups (broad SMARTS) is 2. The molecule has 0 aromatic rings. The van der Waals surface area contributed by atoms with Crippen molar-refractivity contribution in [3.8, 4) is 0 Å². The molecule has 0 rings (SSSR count). The monoisotopic (exact) mass is 501 g/mol. The van der Waals surface area contributed by atoms with Gasteiger partial charge in [-0.1, -0.05) is 34.1 Å².